The van der Waals surface area contributed by atoms with Crippen molar-refractivity contribution in [2.45, 2.75) is 27.7 Å². The molecule has 0 spiro atoms. The summed E-state index contributed by atoms with van der Waals surface area (Å²) in [5, 5.41) is 2.63. The minimum atomic E-state index is -0.0962. The molecule has 0 aliphatic heterocycles. The molecule has 1 N–H and O–H groups in total. The van der Waals surface area contributed by atoms with Gasteiger partial charge in [-0.05, 0) is 18.6 Å². The van der Waals surface area contributed by atoms with E-state index in [-0.39, 0.29) is 5.91 Å². The molecule has 0 aromatic rings. The first-order chi connectivity index (χ1) is 6.11. The van der Waals surface area contributed by atoms with E-state index in [4.69, 9.17) is 0 Å². The predicted octanol–water partition coefficient (Wildman–Crippen LogP) is 2.79. The zero-order valence-corrected chi connectivity index (χ0v) is 8.98. The minimum absolute atomic E-state index is 0.0962. The number of rotatable bonds is 3. The maximum atomic E-state index is 10.6. The van der Waals surface area contributed by atoms with Gasteiger partial charge in [0.1, 0.15) is 0 Å². The SMILES string of the molecule is C=C/C(C)=C(\C=C)NC(C)=O.CC. The lowest BCUT2D eigenvalue weighted by Gasteiger charge is -2.04. The van der Waals surface area contributed by atoms with E-state index < -0.39 is 0 Å². The molecule has 74 valence electrons. The molecule has 2 heteroatoms. The van der Waals surface area contributed by atoms with Gasteiger partial charge in [0, 0.05) is 12.6 Å². The fourth-order valence-corrected chi connectivity index (χ4v) is 0.610. The van der Waals surface area contributed by atoms with Crippen LogP contribution in [0.2, 0.25) is 0 Å². The summed E-state index contributed by atoms with van der Waals surface area (Å²) >= 11 is 0. The van der Waals surface area contributed by atoms with Crippen molar-refractivity contribution >= 4 is 5.91 Å². The molecule has 0 atom stereocenters. The first-order valence-corrected chi connectivity index (χ1v) is 4.35. The Morgan fingerprint density at radius 3 is 1.85 bits per heavy atom. The van der Waals surface area contributed by atoms with E-state index in [0.717, 1.165) is 5.57 Å². The average Bonchev–Trinajstić information content (AvgIpc) is 2.16. The van der Waals surface area contributed by atoms with Crippen molar-refractivity contribution in [1.82, 2.24) is 5.32 Å². The number of hydrogen-bond acceptors (Lipinski definition) is 1. The Hall–Kier alpha value is -1.31. The molecule has 0 heterocycles. The first kappa shape index (κ1) is 14.2. The summed E-state index contributed by atoms with van der Waals surface area (Å²) in [5.41, 5.74) is 1.63. The summed E-state index contributed by atoms with van der Waals surface area (Å²) in [6.45, 7) is 14.5. The average molecular weight is 181 g/mol. The summed E-state index contributed by atoms with van der Waals surface area (Å²) in [6.07, 6.45) is 3.27. The van der Waals surface area contributed by atoms with E-state index in [1.54, 1.807) is 12.2 Å². The predicted molar refractivity (Wildman–Crippen MR) is 58.3 cm³/mol. The number of amides is 1. The number of carbonyl (C=O) groups excluding carboxylic acids is 1. The van der Waals surface area contributed by atoms with Crippen LogP contribution in [0.4, 0.5) is 0 Å². The molecule has 0 saturated carbocycles. The molecule has 1 amide bonds. The lowest BCUT2D eigenvalue weighted by atomic mass is 10.2. The molecule has 0 saturated heterocycles. The standard InChI is InChI=1S/C9H13NO.C2H6/c1-5-7(3)9(6-2)10-8(4)11;1-2/h5-6H,1-2H2,3-4H3,(H,10,11);1-2H3/b9-7+;. The van der Waals surface area contributed by atoms with Crippen molar-refractivity contribution in [3.05, 3.63) is 36.6 Å². The van der Waals surface area contributed by atoms with Crippen LogP contribution in [0, 0.1) is 0 Å². The van der Waals surface area contributed by atoms with Gasteiger partial charge in [-0.25, -0.2) is 0 Å². The molecule has 0 bridgehead atoms. The zero-order valence-electron chi connectivity index (χ0n) is 8.98. The number of nitrogens with one attached hydrogen (secondary N) is 1. The molecule has 0 unspecified atom stereocenters. The van der Waals surface area contributed by atoms with Gasteiger partial charge in [0.05, 0.1) is 0 Å². The molecule has 0 aliphatic carbocycles. The quantitative estimate of drug-likeness (QED) is 0.666. The summed E-state index contributed by atoms with van der Waals surface area (Å²) in [7, 11) is 0. The third-order valence-corrected chi connectivity index (χ3v) is 1.25. The van der Waals surface area contributed by atoms with Gasteiger partial charge in [-0.15, -0.1) is 0 Å². The van der Waals surface area contributed by atoms with E-state index in [0.29, 0.717) is 5.70 Å². The highest BCUT2D eigenvalue weighted by atomic mass is 16.1. The topological polar surface area (TPSA) is 29.1 Å². The first-order valence-electron chi connectivity index (χ1n) is 4.35. The number of hydrogen-bond donors (Lipinski definition) is 1. The van der Waals surface area contributed by atoms with Crippen molar-refractivity contribution < 1.29 is 4.79 Å². The van der Waals surface area contributed by atoms with E-state index in [2.05, 4.69) is 18.5 Å². The van der Waals surface area contributed by atoms with Crippen LogP contribution in [0.25, 0.3) is 0 Å². The van der Waals surface area contributed by atoms with Crippen LogP contribution in [0.15, 0.2) is 36.6 Å². The van der Waals surface area contributed by atoms with Gasteiger partial charge < -0.3 is 5.32 Å². The third-order valence-electron chi connectivity index (χ3n) is 1.25. The highest BCUT2D eigenvalue weighted by Gasteiger charge is 1.96. The second-order valence-electron chi connectivity index (χ2n) is 2.19. The Balaban J connectivity index is 0. The van der Waals surface area contributed by atoms with Gasteiger partial charge in [0.25, 0.3) is 0 Å². The highest BCUT2D eigenvalue weighted by Crippen LogP contribution is 2.01. The second kappa shape index (κ2) is 8.78. The van der Waals surface area contributed by atoms with E-state index in [1.807, 2.05) is 20.8 Å². The Kier molecular flexibility index (Phi) is 9.61. The van der Waals surface area contributed by atoms with Gasteiger partial charge in [0.2, 0.25) is 5.91 Å². The van der Waals surface area contributed by atoms with Gasteiger partial charge in [-0.3, -0.25) is 4.79 Å². The summed E-state index contributed by atoms with van der Waals surface area (Å²) in [4.78, 5) is 10.6. The van der Waals surface area contributed by atoms with E-state index >= 15 is 0 Å². The van der Waals surface area contributed by atoms with Crippen LogP contribution >= 0.6 is 0 Å². The lowest BCUT2D eigenvalue weighted by Crippen LogP contribution is -2.18. The minimum Gasteiger partial charge on any atom is -0.326 e. The van der Waals surface area contributed by atoms with Crippen LogP contribution in [0.1, 0.15) is 27.7 Å². The van der Waals surface area contributed by atoms with E-state index in [1.165, 1.54) is 6.92 Å². The summed E-state index contributed by atoms with van der Waals surface area (Å²) in [6, 6.07) is 0. The van der Waals surface area contributed by atoms with Crippen molar-refractivity contribution in [2.75, 3.05) is 0 Å². The van der Waals surface area contributed by atoms with Gasteiger partial charge in [-0.1, -0.05) is 33.1 Å². The highest BCUT2D eigenvalue weighted by molar-refractivity contribution is 5.75. The van der Waals surface area contributed by atoms with Gasteiger partial charge >= 0.3 is 0 Å². The van der Waals surface area contributed by atoms with Crippen molar-refractivity contribution in [3.8, 4) is 0 Å². The van der Waals surface area contributed by atoms with Crippen LogP contribution in [0.3, 0.4) is 0 Å². The Morgan fingerprint density at radius 2 is 1.62 bits per heavy atom. The third kappa shape index (κ3) is 7.06. The molecular formula is C11H19NO. The van der Waals surface area contributed by atoms with Gasteiger partial charge in [0.15, 0.2) is 0 Å². The molecule has 0 rings (SSSR count). The Morgan fingerprint density at radius 1 is 1.15 bits per heavy atom. The normalized spacial score (nSPS) is 10.2. The van der Waals surface area contributed by atoms with Crippen LogP contribution in [0.5, 0.6) is 0 Å². The summed E-state index contributed by atoms with van der Waals surface area (Å²) < 4.78 is 0. The molecule has 2 nitrogen and oxygen atoms in total. The lowest BCUT2D eigenvalue weighted by molar-refractivity contribution is -0.118. The smallest absolute Gasteiger partial charge is 0.221 e. The van der Waals surface area contributed by atoms with Crippen LogP contribution in [-0.4, -0.2) is 5.91 Å². The molecule has 0 aromatic heterocycles. The zero-order chi connectivity index (χ0) is 10.9. The molecule has 0 aliphatic rings. The Labute approximate surface area is 81.0 Å². The maximum absolute atomic E-state index is 10.6. The monoisotopic (exact) mass is 181 g/mol. The van der Waals surface area contributed by atoms with Gasteiger partial charge in [-0.2, -0.15) is 0 Å². The second-order valence-corrected chi connectivity index (χ2v) is 2.19. The van der Waals surface area contributed by atoms with Crippen molar-refractivity contribution in [1.29, 1.82) is 0 Å². The largest absolute Gasteiger partial charge is 0.326 e. The maximum Gasteiger partial charge on any atom is 0.221 e. The van der Waals surface area contributed by atoms with Crippen molar-refractivity contribution in [2.24, 2.45) is 0 Å². The molecule has 0 aromatic carbocycles. The fourth-order valence-electron chi connectivity index (χ4n) is 0.610. The van der Waals surface area contributed by atoms with E-state index in [9.17, 15) is 4.79 Å². The summed E-state index contributed by atoms with van der Waals surface area (Å²) in [5.74, 6) is -0.0962. The van der Waals surface area contributed by atoms with Crippen LogP contribution < -0.4 is 5.32 Å². The molecule has 0 fully saturated rings. The fraction of sp³-hybridized carbons (Fsp3) is 0.364. The number of carbonyl (C=O) groups is 1. The molecule has 13 heavy (non-hydrogen) atoms. The van der Waals surface area contributed by atoms with Crippen LogP contribution in [-0.2, 0) is 4.79 Å². The molecule has 0 radical (unpaired) electrons. The number of allylic oxidation sites excluding steroid dienone is 3. The molecular weight excluding hydrogens is 162 g/mol. The Bertz CT molecular complexity index is 214. The van der Waals surface area contributed by atoms with Crippen molar-refractivity contribution in [3.63, 3.8) is 0 Å².